The third kappa shape index (κ3) is 5.44. The van der Waals surface area contributed by atoms with E-state index >= 15 is 0 Å². The quantitative estimate of drug-likeness (QED) is 0.550. The van der Waals surface area contributed by atoms with E-state index < -0.39 is 10.0 Å². The fourth-order valence-corrected chi connectivity index (χ4v) is 5.70. The van der Waals surface area contributed by atoms with Gasteiger partial charge in [0.05, 0.1) is 16.6 Å². The molecule has 1 fully saturated rings. The second-order valence-corrected chi connectivity index (χ2v) is 10.4. The lowest BCUT2D eigenvalue weighted by Gasteiger charge is -2.35. The molecule has 0 unspecified atom stereocenters. The molecule has 1 aliphatic carbocycles. The fraction of sp³-hybridized carbons (Fsp3) is 0.346. The van der Waals surface area contributed by atoms with E-state index in [1.54, 1.807) is 12.1 Å². The second-order valence-electron chi connectivity index (χ2n) is 8.65. The molecule has 0 amide bonds. The minimum absolute atomic E-state index is 0.0106. The number of nitrogens with one attached hydrogen (secondary N) is 2. The summed E-state index contributed by atoms with van der Waals surface area (Å²) in [5, 5.41) is 3.76. The van der Waals surface area contributed by atoms with Gasteiger partial charge in [-0.2, -0.15) is 0 Å². The van der Waals surface area contributed by atoms with Gasteiger partial charge in [-0.15, -0.1) is 0 Å². The Kier molecular flexibility index (Phi) is 7.04. The molecule has 1 aliphatic rings. The van der Waals surface area contributed by atoms with Crippen molar-refractivity contribution in [3.05, 3.63) is 95.3 Å². The lowest BCUT2D eigenvalue weighted by Crippen LogP contribution is -2.52. The van der Waals surface area contributed by atoms with Crippen molar-refractivity contribution in [3.8, 4) is 0 Å². The molecule has 2 N–H and O–H groups in total. The van der Waals surface area contributed by atoms with Crippen molar-refractivity contribution in [1.82, 2.24) is 15.0 Å². The maximum atomic E-state index is 13.1. The van der Waals surface area contributed by atoms with Gasteiger partial charge in [0.15, 0.2) is 0 Å². The first-order valence-electron chi connectivity index (χ1n) is 11.3. The number of hydrogen-bond acceptors (Lipinski definition) is 4. The van der Waals surface area contributed by atoms with Crippen LogP contribution in [0.25, 0.3) is 0 Å². The SMILES string of the molecule is Cc1ccc(S(=O)(=O)N[C@@H]2CCCC[C@H]2N[C@H](c2ccccc2)c2cccc(C)n2)cc1. The molecule has 1 aromatic heterocycles. The number of nitrogens with zero attached hydrogens (tertiary/aromatic N) is 1. The smallest absolute Gasteiger partial charge is 0.240 e. The summed E-state index contributed by atoms with van der Waals surface area (Å²) in [6, 6.07) is 23.0. The van der Waals surface area contributed by atoms with Crippen molar-refractivity contribution in [1.29, 1.82) is 0 Å². The molecular weight excluding hydrogens is 418 g/mol. The summed E-state index contributed by atoms with van der Waals surface area (Å²) in [6.07, 6.45) is 3.81. The van der Waals surface area contributed by atoms with Crippen LogP contribution in [0.3, 0.4) is 0 Å². The van der Waals surface area contributed by atoms with Crippen molar-refractivity contribution in [2.24, 2.45) is 0 Å². The van der Waals surface area contributed by atoms with E-state index in [1.807, 2.05) is 62.4 Å². The van der Waals surface area contributed by atoms with Gasteiger partial charge in [-0.05, 0) is 56.5 Å². The Morgan fingerprint density at radius 1 is 0.844 bits per heavy atom. The Hall–Kier alpha value is -2.54. The van der Waals surface area contributed by atoms with E-state index in [2.05, 4.69) is 22.2 Å². The van der Waals surface area contributed by atoms with Crippen LogP contribution in [-0.2, 0) is 10.0 Å². The summed E-state index contributed by atoms with van der Waals surface area (Å²) < 4.78 is 29.1. The summed E-state index contributed by atoms with van der Waals surface area (Å²) in [6.45, 7) is 3.94. The topological polar surface area (TPSA) is 71.1 Å². The molecule has 32 heavy (non-hydrogen) atoms. The minimum atomic E-state index is -3.59. The molecular formula is C26H31N3O2S. The Labute approximate surface area is 191 Å². The van der Waals surface area contributed by atoms with Gasteiger partial charge in [0.2, 0.25) is 10.0 Å². The van der Waals surface area contributed by atoms with E-state index in [0.717, 1.165) is 48.2 Å². The number of aromatic nitrogens is 1. The zero-order valence-corrected chi connectivity index (χ0v) is 19.5. The van der Waals surface area contributed by atoms with Gasteiger partial charge in [-0.3, -0.25) is 4.98 Å². The molecule has 5 nitrogen and oxygen atoms in total. The first-order chi connectivity index (χ1) is 15.4. The maximum Gasteiger partial charge on any atom is 0.240 e. The standard InChI is InChI=1S/C26H31N3O2S/c1-19-15-17-22(18-16-19)32(30,31)29-24-13-7-6-12-23(24)28-26(21-10-4-3-5-11-21)25-14-8-9-20(2)27-25/h3-5,8-11,14-18,23-24,26,28-29H,6-7,12-13H2,1-2H3/t23-,24-,26-/m1/s1. The number of aryl methyl sites for hydroxylation is 2. The summed E-state index contributed by atoms with van der Waals surface area (Å²) in [5.41, 5.74) is 4.07. The minimum Gasteiger partial charge on any atom is -0.301 e. The molecule has 1 saturated carbocycles. The molecule has 0 radical (unpaired) electrons. The zero-order valence-electron chi connectivity index (χ0n) is 18.7. The number of sulfonamides is 1. The van der Waals surface area contributed by atoms with Gasteiger partial charge in [0, 0.05) is 17.8 Å². The molecule has 0 bridgehead atoms. The number of rotatable bonds is 7. The largest absolute Gasteiger partial charge is 0.301 e. The summed E-state index contributed by atoms with van der Waals surface area (Å²) in [4.78, 5) is 5.08. The first kappa shape index (κ1) is 22.6. The van der Waals surface area contributed by atoms with Gasteiger partial charge in [-0.1, -0.05) is 66.9 Å². The van der Waals surface area contributed by atoms with Crippen LogP contribution in [-0.4, -0.2) is 25.5 Å². The van der Waals surface area contributed by atoms with Crippen LogP contribution in [0.15, 0.2) is 77.7 Å². The van der Waals surface area contributed by atoms with E-state index in [9.17, 15) is 8.42 Å². The Bertz CT molecular complexity index is 1130. The molecule has 6 heteroatoms. The number of hydrogen-bond donors (Lipinski definition) is 2. The van der Waals surface area contributed by atoms with Crippen LogP contribution in [0.2, 0.25) is 0 Å². The lowest BCUT2D eigenvalue weighted by atomic mass is 9.89. The summed E-state index contributed by atoms with van der Waals surface area (Å²) in [5.74, 6) is 0. The highest BCUT2D eigenvalue weighted by Crippen LogP contribution is 2.27. The Morgan fingerprint density at radius 3 is 2.22 bits per heavy atom. The van der Waals surface area contributed by atoms with Gasteiger partial charge in [0.25, 0.3) is 0 Å². The lowest BCUT2D eigenvalue weighted by molar-refractivity contribution is 0.295. The van der Waals surface area contributed by atoms with Crippen LogP contribution >= 0.6 is 0 Å². The molecule has 0 spiro atoms. The van der Waals surface area contributed by atoms with Crippen molar-refractivity contribution >= 4 is 10.0 Å². The second kappa shape index (κ2) is 9.94. The zero-order chi connectivity index (χ0) is 22.6. The van der Waals surface area contributed by atoms with Crippen molar-refractivity contribution in [2.45, 2.75) is 62.6 Å². The number of benzene rings is 2. The van der Waals surface area contributed by atoms with Crippen LogP contribution in [0.1, 0.15) is 54.2 Å². The third-order valence-corrected chi connectivity index (χ3v) is 7.63. The molecule has 4 rings (SSSR count). The third-order valence-electron chi connectivity index (χ3n) is 6.12. The molecule has 0 aliphatic heterocycles. The van der Waals surface area contributed by atoms with E-state index in [4.69, 9.17) is 4.98 Å². The average molecular weight is 450 g/mol. The highest BCUT2D eigenvalue weighted by molar-refractivity contribution is 7.89. The normalized spacial score (nSPS) is 20.1. The van der Waals surface area contributed by atoms with Crippen LogP contribution in [0.4, 0.5) is 0 Å². The Morgan fingerprint density at radius 2 is 1.53 bits per heavy atom. The molecule has 168 valence electrons. The molecule has 3 aromatic rings. The fourth-order valence-electron chi connectivity index (χ4n) is 4.39. The Balaban J connectivity index is 1.60. The maximum absolute atomic E-state index is 13.1. The molecule has 3 atom stereocenters. The van der Waals surface area contributed by atoms with E-state index in [1.165, 1.54) is 0 Å². The highest BCUT2D eigenvalue weighted by Gasteiger charge is 2.32. The van der Waals surface area contributed by atoms with E-state index in [-0.39, 0.29) is 18.1 Å². The molecule has 2 aromatic carbocycles. The number of pyridine rings is 1. The van der Waals surface area contributed by atoms with Crippen LogP contribution in [0.5, 0.6) is 0 Å². The van der Waals surface area contributed by atoms with Crippen molar-refractivity contribution in [3.63, 3.8) is 0 Å². The monoisotopic (exact) mass is 449 g/mol. The van der Waals surface area contributed by atoms with Gasteiger partial charge in [-0.25, -0.2) is 13.1 Å². The summed E-state index contributed by atoms with van der Waals surface area (Å²) in [7, 11) is -3.59. The van der Waals surface area contributed by atoms with Gasteiger partial charge >= 0.3 is 0 Å². The first-order valence-corrected chi connectivity index (χ1v) is 12.7. The van der Waals surface area contributed by atoms with Gasteiger partial charge in [0.1, 0.15) is 0 Å². The summed E-state index contributed by atoms with van der Waals surface area (Å²) >= 11 is 0. The average Bonchev–Trinajstić information content (AvgIpc) is 2.79. The van der Waals surface area contributed by atoms with E-state index in [0.29, 0.717) is 4.90 Å². The highest BCUT2D eigenvalue weighted by atomic mass is 32.2. The van der Waals surface area contributed by atoms with Crippen LogP contribution < -0.4 is 10.0 Å². The predicted molar refractivity (Wildman–Crippen MR) is 128 cm³/mol. The predicted octanol–water partition coefficient (Wildman–Crippen LogP) is 4.67. The van der Waals surface area contributed by atoms with Crippen molar-refractivity contribution in [2.75, 3.05) is 0 Å². The molecule has 1 heterocycles. The van der Waals surface area contributed by atoms with Gasteiger partial charge < -0.3 is 5.32 Å². The molecule has 0 saturated heterocycles. The van der Waals surface area contributed by atoms with Crippen LogP contribution in [0, 0.1) is 13.8 Å². The van der Waals surface area contributed by atoms with Crippen molar-refractivity contribution < 1.29 is 8.42 Å².